The molecule has 0 unspecified atom stereocenters. The molecular weight excluding hydrogens is 242 g/mol. The molecule has 20 heavy (non-hydrogen) atoms. The zero-order valence-electron chi connectivity index (χ0n) is 11.8. The number of allylic oxidation sites excluding steroid dienone is 1. The first-order valence-electron chi connectivity index (χ1n) is 6.85. The maximum absolute atomic E-state index is 4.25. The topological polar surface area (TPSA) is 12.4 Å². The Bertz CT molecular complexity index is 755. The van der Waals surface area contributed by atoms with Crippen molar-refractivity contribution in [1.29, 1.82) is 0 Å². The van der Waals surface area contributed by atoms with Crippen molar-refractivity contribution < 1.29 is 0 Å². The second-order valence-corrected chi connectivity index (χ2v) is 4.81. The van der Waals surface area contributed by atoms with Crippen LogP contribution in [0.2, 0.25) is 0 Å². The van der Waals surface area contributed by atoms with Crippen molar-refractivity contribution in [2.24, 2.45) is 4.99 Å². The van der Waals surface area contributed by atoms with Crippen LogP contribution in [0.15, 0.2) is 59.6 Å². The van der Waals surface area contributed by atoms with E-state index in [1.807, 2.05) is 13.3 Å². The lowest BCUT2D eigenvalue weighted by atomic mass is 9.92. The van der Waals surface area contributed by atoms with E-state index in [1.54, 1.807) is 0 Å². The maximum atomic E-state index is 4.25. The highest BCUT2D eigenvalue weighted by molar-refractivity contribution is 6.18. The van der Waals surface area contributed by atoms with Crippen molar-refractivity contribution >= 4 is 33.8 Å². The van der Waals surface area contributed by atoms with E-state index in [4.69, 9.17) is 0 Å². The summed E-state index contributed by atoms with van der Waals surface area (Å²) in [6.45, 7) is 2.05. The molecule has 98 valence electrons. The predicted octanol–water partition coefficient (Wildman–Crippen LogP) is 5.07. The molecule has 0 saturated heterocycles. The van der Waals surface area contributed by atoms with Crippen molar-refractivity contribution in [3.63, 3.8) is 0 Å². The van der Waals surface area contributed by atoms with Crippen LogP contribution in [0.25, 0.3) is 27.6 Å². The molecule has 0 heterocycles. The molecule has 3 aromatic carbocycles. The fourth-order valence-electron chi connectivity index (χ4n) is 2.81. The monoisotopic (exact) mass is 259 g/mol. The smallest absolute Gasteiger partial charge is 0.0293 e. The number of hydrogen-bond donors (Lipinski definition) is 0. The molecule has 1 heteroatoms. The third kappa shape index (κ3) is 1.92. The van der Waals surface area contributed by atoms with Gasteiger partial charge >= 0.3 is 0 Å². The van der Waals surface area contributed by atoms with Crippen LogP contribution in [0.5, 0.6) is 0 Å². The molecule has 0 N–H and O–H groups in total. The van der Waals surface area contributed by atoms with E-state index in [0.717, 1.165) is 0 Å². The van der Waals surface area contributed by atoms with Crippen LogP contribution >= 0.6 is 0 Å². The minimum atomic E-state index is 1.19. The highest BCUT2D eigenvalue weighted by atomic mass is 14.6. The van der Waals surface area contributed by atoms with Gasteiger partial charge in [0, 0.05) is 18.8 Å². The number of hydrogen-bond acceptors (Lipinski definition) is 1. The van der Waals surface area contributed by atoms with Gasteiger partial charge in [-0.25, -0.2) is 0 Å². The van der Waals surface area contributed by atoms with E-state index >= 15 is 0 Å². The van der Waals surface area contributed by atoms with Gasteiger partial charge in [-0.1, -0.05) is 60.7 Å². The summed E-state index contributed by atoms with van der Waals surface area (Å²) in [5.41, 5.74) is 2.44. The average Bonchev–Trinajstić information content (AvgIpc) is 2.51. The Kier molecular flexibility index (Phi) is 3.34. The summed E-state index contributed by atoms with van der Waals surface area (Å²) in [4.78, 5) is 4.25. The molecule has 1 nitrogen and oxygen atoms in total. The van der Waals surface area contributed by atoms with Crippen molar-refractivity contribution in [3.8, 4) is 0 Å². The first-order valence-corrected chi connectivity index (χ1v) is 6.85. The molecule has 0 radical (unpaired) electrons. The Morgan fingerprint density at radius 2 is 1.25 bits per heavy atom. The summed E-state index contributed by atoms with van der Waals surface area (Å²) in [5.74, 6) is 0. The normalized spacial score (nSPS) is 12.1. The zero-order chi connectivity index (χ0) is 13.9. The summed E-state index contributed by atoms with van der Waals surface area (Å²) in [7, 11) is 1.82. The van der Waals surface area contributed by atoms with E-state index in [0.29, 0.717) is 0 Å². The molecule has 0 aliphatic carbocycles. The van der Waals surface area contributed by atoms with Gasteiger partial charge in [-0.15, -0.1) is 0 Å². The van der Waals surface area contributed by atoms with E-state index in [-0.39, 0.29) is 0 Å². The average molecular weight is 259 g/mol. The first kappa shape index (κ1) is 12.6. The SMILES string of the molecule is C/C=C/c1c(C=NC)c2ccccc2c2ccccc12. The highest BCUT2D eigenvalue weighted by Gasteiger charge is 2.10. The van der Waals surface area contributed by atoms with Gasteiger partial charge < -0.3 is 0 Å². The van der Waals surface area contributed by atoms with Gasteiger partial charge in [0.05, 0.1) is 0 Å². The lowest BCUT2D eigenvalue weighted by Gasteiger charge is -2.12. The molecule has 0 aliphatic rings. The van der Waals surface area contributed by atoms with Crippen LogP contribution < -0.4 is 0 Å². The standard InChI is InChI=1S/C19H17N/c1-3-8-14-15-9-4-5-10-16(15)17-11-6-7-12-18(17)19(14)13-20-2/h3-13H,1-2H3/b8-3+,20-13?. The number of rotatable bonds is 2. The van der Waals surface area contributed by atoms with Crippen molar-refractivity contribution in [3.05, 3.63) is 65.7 Å². The van der Waals surface area contributed by atoms with Crippen LogP contribution in [-0.4, -0.2) is 13.3 Å². The second-order valence-electron chi connectivity index (χ2n) is 4.81. The summed E-state index contributed by atoms with van der Waals surface area (Å²) in [6.07, 6.45) is 6.22. The highest BCUT2D eigenvalue weighted by Crippen LogP contribution is 2.32. The Labute approximate surface area is 119 Å². The van der Waals surface area contributed by atoms with Crippen molar-refractivity contribution in [1.82, 2.24) is 0 Å². The number of aliphatic imine (C=N–C) groups is 1. The number of nitrogens with zero attached hydrogens (tertiary/aromatic N) is 1. The third-order valence-electron chi connectivity index (χ3n) is 3.61. The minimum Gasteiger partial charge on any atom is -0.296 e. The molecule has 3 aromatic rings. The van der Waals surface area contributed by atoms with Crippen LogP contribution in [0.4, 0.5) is 0 Å². The quantitative estimate of drug-likeness (QED) is 0.450. The molecule has 0 amide bonds. The lowest BCUT2D eigenvalue weighted by molar-refractivity contribution is 1.47. The molecule has 0 spiro atoms. The fourth-order valence-corrected chi connectivity index (χ4v) is 2.81. The number of benzene rings is 3. The van der Waals surface area contributed by atoms with E-state index in [9.17, 15) is 0 Å². The van der Waals surface area contributed by atoms with Gasteiger partial charge in [0.1, 0.15) is 0 Å². The molecule has 0 bridgehead atoms. The van der Waals surface area contributed by atoms with Gasteiger partial charge in [-0.2, -0.15) is 0 Å². The summed E-state index contributed by atoms with van der Waals surface area (Å²) in [6, 6.07) is 17.1. The van der Waals surface area contributed by atoms with Gasteiger partial charge in [0.25, 0.3) is 0 Å². The zero-order valence-corrected chi connectivity index (χ0v) is 11.8. The molecule has 0 saturated carbocycles. The van der Waals surface area contributed by atoms with Gasteiger partial charge in [-0.05, 0) is 34.0 Å². The molecule has 0 atom stereocenters. The van der Waals surface area contributed by atoms with Crippen molar-refractivity contribution in [2.75, 3.05) is 7.05 Å². The molecule has 0 fully saturated rings. The largest absolute Gasteiger partial charge is 0.296 e. The molecule has 3 rings (SSSR count). The summed E-state index contributed by atoms with van der Waals surface area (Å²) >= 11 is 0. The summed E-state index contributed by atoms with van der Waals surface area (Å²) < 4.78 is 0. The van der Waals surface area contributed by atoms with Crippen LogP contribution in [0, 0.1) is 0 Å². The number of fused-ring (bicyclic) bond motifs is 3. The lowest BCUT2D eigenvalue weighted by Crippen LogP contribution is -1.93. The minimum absolute atomic E-state index is 1.19. The van der Waals surface area contributed by atoms with Gasteiger partial charge in [0.15, 0.2) is 0 Å². The van der Waals surface area contributed by atoms with Gasteiger partial charge in [0.2, 0.25) is 0 Å². The van der Waals surface area contributed by atoms with E-state index in [1.165, 1.54) is 32.7 Å². The third-order valence-corrected chi connectivity index (χ3v) is 3.61. The van der Waals surface area contributed by atoms with Crippen LogP contribution in [0.1, 0.15) is 18.1 Å². The first-order chi connectivity index (χ1) is 9.86. The Balaban J connectivity index is 2.61. The van der Waals surface area contributed by atoms with Gasteiger partial charge in [-0.3, -0.25) is 4.99 Å². The molecular formula is C19H17N. The van der Waals surface area contributed by atoms with Crippen molar-refractivity contribution in [2.45, 2.75) is 6.92 Å². The van der Waals surface area contributed by atoms with Crippen LogP contribution in [-0.2, 0) is 0 Å². The maximum Gasteiger partial charge on any atom is 0.0293 e. The Morgan fingerprint density at radius 3 is 1.75 bits per heavy atom. The Morgan fingerprint density at radius 1 is 0.750 bits per heavy atom. The molecule has 0 aromatic heterocycles. The van der Waals surface area contributed by atoms with E-state index < -0.39 is 0 Å². The second kappa shape index (κ2) is 5.30. The summed E-state index contributed by atoms with van der Waals surface area (Å²) in [5, 5.41) is 5.11. The van der Waals surface area contributed by atoms with E-state index in [2.05, 4.69) is 72.6 Å². The van der Waals surface area contributed by atoms with Crippen LogP contribution in [0.3, 0.4) is 0 Å². The fraction of sp³-hybridized carbons (Fsp3) is 0.105. The molecule has 0 aliphatic heterocycles. The predicted molar refractivity (Wildman–Crippen MR) is 89.7 cm³/mol. The Hall–Kier alpha value is -2.41.